The molecule has 1 atom stereocenters. The zero-order valence-corrected chi connectivity index (χ0v) is 24.8. The molecule has 0 aliphatic carbocycles. The van der Waals surface area contributed by atoms with Crippen LogP contribution in [-0.2, 0) is 20.9 Å². The lowest BCUT2D eigenvalue weighted by atomic mass is 10.1. The lowest BCUT2D eigenvalue weighted by molar-refractivity contribution is -0.151. The standard InChI is InChI=1S/C30H28BrNO5S2/c1-3-15-36-29(34)26(22-13-9-6-10-14-22)32-28(33)25(39-30(32)38)18-21-16-23(31)27(24(17-21)35-4-2)37-19-20-11-7-5-8-12-20/h5-14,16-18,26H,3-4,15,19H2,1-2H3/b25-18-. The molecule has 1 fully saturated rings. The molecule has 0 bridgehead atoms. The van der Waals surface area contributed by atoms with Crippen LogP contribution in [0.5, 0.6) is 11.5 Å². The highest BCUT2D eigenvalue weighted by Crippen LogP contribution is 2.41. The minimum Gasteiger partial charge on any atom is -0.490 e. The van der Waals surface area contributed by atoms with Gasteiger partial charge in [0.2, 0.25) is 0 Å². The maximum absolute atomic E-state index is 13.6. The second kappa shape index (κ2) is 13.8. The molecule has 0 saturated carbocycles. The van der Waals surface area contributed by atoms with Crippen LogP contribution in [0, 0.1) is 0 Å². The van der Waals surface area contributed by atoms with Crippen molar-refractivity contribution in [3.8, 4) is 11.5 Å². The van der Waals surface area contributed by atoms with Gasteiger partial charge in [-0.05, 0) is 64.2 Å². The monoisotopic (exact) mass is 625 g/mol. The third-order valence-electron chi connectivity index (χ3n) is 5.72. The van der Waals surface area contributed by atoms with Crippen LogP contribution >= 0.6 is 39.9 Å². The number of carbonyl (C=O) groups excluding carboxylic acids is 2. The van der Waals surface area contributed by atoms with Gasteiger partial charge in [0.05, 0.1) is 22.6 Å². The Kier molecular flexibility index (Phi) is 10.2. The van der Waals surface area contributed by atoms with E-state index in [1.54, 1.807) is 18.2 Å². The van der Waals surface area contributed by atoms with Gasteiger partial charge in [-0.2, -0.15) is 0 Å². The number of amides is 1. The Morgan fingerprint density at radius 1 is 1.05 bits per heavy atom. The number of benzene rings is 3. The number of thioether (sulfide) groups is 1. The smallest absolute Gasteiger partial charge is 0.333 e. The molecule has 0 radical (unpaired) electrons. The molecule has 4 rings (SSSR count). The first-order valence-electron chi connectivity index (χ1n) is 12.5. The van der Waals surface area contributed by atoms with E-state index in [-0.39, 0.29) is 12.5 Å². The zero-order chi connectivity index (χ0) is 27.8. The summed E-state index contributed by atoms with van der Waals surface area (Å²) in [6, 6.07) is 21.7. The Morgan fingerprint density at radius 2 is 1.74 bits per heavy atom. The fourth-order valence-electron chi connectivity index (χ4n) is 3.97. The van der Waals surface area contributed by atoms with Crippen molar-refractivity contribution in [3.63, 3.8) is 0 Å². The van der Waals surface area contributed by atoms with Gasteiger partial charge in [0.15, 0.2) is 17.5 Å². The van der Waals surface area contributed by atoms with Gasteiger partial charge in [-0.15, -0.1) is 0 Å². The number of hydrogen-bond donors (Lipinski definition) is 0. The Morgan fingerprint density at radius 3 is 2.41 bits per heavy atom. The van der Waals surface area contributed by atoms with Crippen molar-refractivity contribution in [2.75, 3.05) is 13.2 Å². The largest absolute Gasteiger partial charge is 0.490 e. The van der Waals surface area contributed by atoms with Crippen molar-refractivity contribution in [2.45, 2.75) is 32.9 Å². The first kappa shape index (κ1) is 28.9. The van der Waals surface area contributed by atoms with Crippen molar-refractivity contribution < 1.29 is 23.8 Å². The van der Waals surface area contributed by atoms with Gasteiger partial charge >= 0.3 is 5.97 Å². The summed E-state index contributed by atoms with van der Waals surface area (Å²) in [4.78, 5) is 28.4. The van der Waals surface area contributed by atoms with Crippen LogP contribution < -0.4 is 9.47 Å². The molecule has 1 aliphatic heterocycles. The van der Waals surface area contributed by atoms with E-state index in [1.807, 2.05) is 74.5 Å². The van der Waals surface area contributed by atoms with E-state index in [1.165, 1.54) is 4.90 Å². The molecule has 1 aliphatic rings. The summed E-state index contributed by atoms with van der Waals surface area (Å²) in [5.74, 6) is 0.260. The summed E-state index contributed by atoms with van der Waals surface area (Å²) in [5.41, 5.74) is 2.39. The second-order valence-electron chi connectivity index (χ2n) is 8.57. The van der Waals surface area contributed by atoms with Crippen LogP contribution in [0.4, 0.5) is 0 Å². The van der Waals surface area contributed by atoms with Crippen LogP contribution in [0.2, 0.25) is 0 Å². The van der Waals surface area contributed by atoms with E-state index >= 15 is 0 Å². The topological polar surface area (TPSA) is 65.1 Å². The Hall–Kier alpha value is -3.14. The minimum atomic E-state index is -0.962. The molecule has 0 aromatic heterocycles. The maximum atomic E-state index is 13.6. The van der Waals surface area contributed by atoms with Crippen molar-refractivity contribution in [3.05, 3.63) is 98.9 Å². The van der Waals surface area contributed by atoms with E-state index in [2.05, 4.69) is 15.9 Å². The van der Waals surface area contributed by atoms with E-state index in [0.29, 0.717) is 50.4 Å². The number of esters is 1. The summed E-state index contributed by atoms with van der Waals surface area (Å²) in [6.45, 7) is 4.90. The Balaban J connectivity index is 1.62. The number of hydrogen-bond acceptors (Lipinski definition) is 7. The number of halogens is 1. The van der Waals surface area contributed by atoms with Gasteiger partial charge in [-0.25, -0.2) is 4.79 Å². The average Bonchev–Trinajstić information content (AvgIpc) is 3.20. The predicted molar refractivity (Wildman–Crippen MR) is 162 cm³/mol. The summed E-state index contributed by atoms with van der Waals surface area (Å²) in [7, 11) is 0. The number of rotatable bonds is 11. The van der Waals surface area contributed by atoms with Crippen molar-refractivity contribution in [1.29, 1.82) is 0 Å². The molecule has 9 heteroatoms. The van der Waals surface area contributed by atoms with E-state index in [0.717, 1.165) is 22.9 Å². The van der Waals surface area contributed by atoms with E-state index in [9.17, 15) is 9.59 Å². The first-order valence-corrected chi connectivity index (χ1v) is 14.6. The molecule has 1 unspecified atom stereocenters. The molecule has 39 heavy (non-hydrogen) atoms. The van der Waals surface area contributed by atoms with Gasteiger partial charge in [0.25, 0.3) is 5.91 Å². The molecule has 1 heterocycles. The molecule has 3 aromatic rings. The normalized spacial score (nSPS) is 14.9. The van der Waals surface area contributed by atoms with Crippen LogP contribution in [-0.4, -0.2) is 34.3 Å². The highest BCUT2D eigenvalue weighted by atomic mass is 79.9. The predicted octanol–water partition coefficient (Wildman–Crippen LogP) is 7.32. The van der Waals surface area contributed by atoms with Crippen molar-refractivity contribution >= 4 is 62.2 Å². The molecular weight excluding hydrogens is 598 g/mol. The summed E-state index contributed by atoms with van der Waals surface area (Å²) in [6.07, 6.45) is 2.42. The third kappa shape index (κ3) is 7.09. The SMILES string of the molecule is CCCOC(=O)C(c1ccccc1)N1C(=O)/C(=C/c2cc(Br)c(OCc3ccccc3)c(OCC)c2)SC1=S. The van der Waals surface area contributed by atoms with E-state index in [4.69, 9.17) is 26.4 Å². The third-order valence-corrected chi connectivity index (χ3v) is 7.64. The van der Waals surface area contributed by atoms with Crippen LogP contribution in [0.25, 0.3) is 6.08 Å². The minimum absolute atomic E-state index is 0.264. The summed E-state index contributed by atoms with van der Waals surface area (Å²) in [5, 5.41) is 0. The Bertz CT molecular complexity index is 1360. The Labute approximate surface area is 246 Å². The highest BCUT2D eigenvalue weighted by Gasteiger charge is 2.42. The van der Waals surface area contributed by atoms with Gasteiger partial charge in [-0.3, -0.25) is 9.69 Å². The van der Waals surface area contributed by atoms with Crippen molar-refractivity contribution in [2.24, 2.45) is 0 Å². The maximum Gasteiger partial charge on any atom is 0.333 e. The lowest BCUT2D eigenvalue weighted by Crippen LogP contribution is -2.38. The number of ether oxygens (including phenoxy) is 3. The molecule has 3 aromatic carbocycles. The van der Waals surface area contributed by atoms with Crippen molar-refractivity contribution in [1.82, 2.24) is 4.90 Å². The van der Waals surface area contributed by atoms with Gasteiger partial charge in [0.1, 0.15) is 10.9 Å². The summed E-state index contributed by atoms with van der Waals surface area (Å²) >= 11 is 10.3. The van der Waals surface area contributed by atoms with Crippen LogP contribution in [0.1, 0.15) is 43.0 Å². The quantitative estimate of drug-likeness (QED) is 0.126. The molecule has 6 nitrogen and oxygen atoms in total. The molecule has 0 spiro atoms. The fraction of sp³-hybridized carbons (Fsp3) is 0.233. The van der Waals surface area contributed by atoms with Gasteiger partial charge < -0.3 is 14.2 Å². The molecular formula is C30H28BrNO5S2. The highest BCUT2D eigenvalue weighted by molar-refractivity contribution is 9.10. The number of carbonyl (C=O) groups is 2. The van der Waals surface area contributed by atoms with Crippen LogP contribution in [0.15, 0.2) is 82.2 Å². The second-order valence-corrected chi connectivity index (χ2v) is 11.1. The van der Waals surface area contributed by atoms with E-state index < -0.39 is 12.0 Å². The number of thiocarbonyl (C=S) groups is 1. The average molecular weight is 627 g/mol. The first-order chi connectivity index (χ1) is 18.9. The van der Waals surface area contributed by atoms with Crippen LogP contribution in [0.3, 0.4) is 0 Å². The van der Waals surface area contributed by atoms with Gasteiger partial charge in [0, 0.05) is 0 Å². The molecule has 1 amide bonds. The number of nitrogens with zero attached hydrogens (tertiary/aromatic N) is 1. The molecule has 202 valence electrons. The zero-order valence-electron chi connectivity index (χ0n) is 21.6. The van der Waals surface area contributed by atoms with Gasteiger partial charge in [-0.1, -0.05) is 91.6 Å². The molecule has 1 saturated heterocycles. The summed E-state index contributed by atoms with van der Waals surface area (Å²) < 4.78 is 18.4. The lowest BCUT2D eigenvalue weighted by Gasteiger charge is -2.25. The molecule has 0 N–H and O–H groups in total. The fourth-order valence-corrected chi connectivity index (χ4v) is 5.85.